The molecule has 0 bridgehead atoms. The highest BCUT2D eigenvalue weighted by Crippen LogP contribution is 2.41. The van der Waals surface area contributed by atoms with Crippen molar-refractivity contribution in [2.24, 2.45) is 0 Å². The van der Waals surface area contributed by atoms with Gasteiger partial charge in [0.25, 0.3) is 11.6 Å². The molecule has 0 amide bonds. The lowest BCUT2D eigenvalue weighted by Gasteiger charge is -2.13. The molecule has 0 spiro atoms. The lowest BCUT2D eigenvalue weighted by molar-refractivity contribution is -0.797. The van der Waals surface area contributed by atoms with E-state index in [9.17, 15) is 0 Å². The topological polar surface area (TPSA) is 67.1 Å². The number of benzene rings is 7. The minimum absolute atomic E-state index is 0.594. The molecule has 54 heavy (non-hydrogen) atoms. The maximum atomic E-state index is 5.22. The van der Waals surface area contributed by atoms with Gasteiger partial charge in [0.15, 0.2) is 0 Å². The Bertz CT molecular complexity index is 2450. The van der Waals surface area contributed by atoms with Gasteiger partial charge in [-0.25, -0.2) is 0 Å². The molecular weight excluding hydrogens is 665 g/mol. The molecule has 2 aromatic heterocycles. The number of hydrogen-bond donors (Lipinski definition) is 0. The molecule has 0 saturated carbocycles. The summed E-state index contributed by atoms with van der Waals surface area (Å²) in [4.78, 5) is 0. The lowest BCUT2D eigenvalue weighted by Crippen LogP contribution is -2.50. The fraction of sp³-hybridized carbons (Fsp3) is 0.0870. The first kappa shape index (κ1) is 32.8. The van der Waals surface area contributed by atoms with Crippen LogP contribution >= 0.6 is 0 Å². The molecule has 0 fully saturated rings. The summed E-state index contributed by atoms with van der Waals surface area (Å²) < 4.78 is 7.64. The molecule has 2 heterocycles. The summed E-state index contributed by atoms with van der Waals surface area (Å²) in [6.45, 7) is 8.36. The van der Waals surface area contributed by atoms with E-state index in [0.717, 1.165) is 55.4 Å². The predicted octanol–water partition coefficient (Wildman–Crippen LogP) is 7.25. The van der Waals surface area contributed by atoms with E-state index >= 15 is 0 Å². The van der Waals surface area contributed by atoms with Crippen LogP contribution in [0.2, 0.25) is 0 Å². The van der Waals surface area contributed by atoms with Crippen molar-refractivity contribution in [1.29, 1.82) is 0 Å². The molecule has 0 N–H and O–H groups in total. The molecule has 0 atom stereocenters. The third-order valence-electron chi connectivity index (χ3n) is 9.82. The van der Waals surface area contributed by atoms with E-state index in [4.69, 9.17) is 20.4 Å². The number of aryl methyl sites for hydroxylation is 4. The van der Waals surface area contributed by atoms with Gasteiger partial charge in [0, 0.05) is 98.8 Å². The Kier molecular flexibility index (Phi) is 8.20. The first-order chi connectivity index (χ1) is 26.4. The SMILES string of the molecule is Cc1ccc(-[n+]2c[n+](-c3ccc(C)cc3)nc(-c3c4ccccc4c(-c4n[n+](-c5ccc(C)cc5)c[n+](-c5ccc(C)cc5)n4)c4ccccc34)n2)cc1. The lowest BCUT2D eigenvalue weighted by atomic mass is 9.91. The van der Waals surface area contributed by atoms with Gasteiger partial charge < -0.3 is 0 Å². The standard InChI is InChI=1S/C46H38N8/c1-31-13-21-35(22-14-31)51-29-52(36-23-15-32(2)16-24-36)48-45(47-51)43-39-9-5-7-11-41(39)44(42-12-8-6-10-40(42)43)46-49-53(37-25-17-33(3)18-26-37)30-54(50-46)38-27-19-34(4)20-28-38/h5-30H,1-4H3/q+4. The zero-order valence-corrected chi connectivity index (χ0v) is 30.6. The second kappa shape index (κ2) is 13.5. The minimum Gasteiger partial charge on any atom is -0.0616 e. The van der Waals surface area contributed by atoms with Gasteiger partial charge in [-0.2, -0.15) is 0 Å². The molecule has 0 aliphatic carbocycles. The second-order valence-electron chi connectivity index (χ2n) is 13.8. The van der Waals surface area contributed by atoms with Crippen molar-refractivity contribution in [1.82, 2.24) is 20.4 Å². The Morgan fingerprint density at radius 2 is 0.519 bits per heavy atom. The quantitative estimate of drug-likeness (QED) is 0.135. The molecule has 8 heteroatoms. The number of fused-ring (bicyclic) bond motifs is 2. The molecule has 7 aromatic carbocycles. The Morgan fingerprint density at radius 3 is 0.741 bits per heavy atom. The average molecular weight is 703 g/mol. The van der Waals surface area contributed by atoms with Gasteiger partial charge in [-0.1, -0.05) is 119 Å². The molecule has 9 aromatic rings. The highest BCUT2D eigenvalue weighted by molar-refractivity contribution is 6.19. The van der Waals surface area contributed by atoms with Crippen molar-refractivity contribution in [2.75, 3.05) is 0 Å². The summed E-state index contributed by atoms with van der Waals surface area (Å²) in [5.41, 5.74) is 10.4. The Balaban J connectivity index is 1.34. The monoisotopic (exact) mass is 702 g/mol. The van der Waals surface area contributed by atoms with E-state index in [0.29, 0.717) is 11.6 Å². The molecule has 9 rings (SSSR count). The highest BCUT2D eigenvalue weighted by Gasteiger charge is 2.30. The van der Waals surface area contributed by atoms with Crippen LogP contribution in [-0.2, 0) is 0 Å². The van der Waals surface area contributed by atoms with Crippen molar-refractivity contribution in [3.05, 3.63) is 181 Å². The van der Waals surface area contributed by atoms with Crippen molar-refractivity contribution >= 4 is 21.5 Å². The summed E-state index contributed by atoms with van der Waals surface area (Å²) in [5.74, 6) is 1.19. The maximum absolute atomic E-state index is 5.22. The smallest absolute Gasteiger partial charge is 0.0616 e. The Hall–Kier alpha value is -7.06. The maximum Gasteiger partial charge on any atom is 0.469 e. The Morgan fingerprint density at radius 1 is 0.296 bits per heavy atom. The van der Waals surface area contributed by atoms with Crippen LogP contribution in [0.1, 0.15) is 22.3 Å². The molecule has 0 unspecified atom stereocenters. The number of hydrogen-bond acceptors (Lipinski definition) is 4. The van der Waals surface area contributed by atoms with Gasteiger partial charge in [0.1, 0.15) is 0 Å². The highest BCUT2D eigenvalue weighted by atomic mass is 15.4. The molecule has 258 valence electrons. The summed E-state index contributed by atoms with van der Waals surface area (Å²) in [6, 6.07) is 50.4. The van der Waals surface area contributed by atoms with Crippen LogP contribution in [-0.4, -0.2) is 20.4 Å². The van der Waals surface area contributed by atoms with E-state index in [1.807, 2.05) is 31.4 Å². The Labute approximate surface area is 313 Å². The van der Waals surface area contributed by atoms with Gasteiger partial charge in [0.2, 0.25) is 22.7 Å². The second-order valence-corrected chi connectivity index (χ2v) is 13.8. The van der Waals surface area contributed by atoms with Gasteiger partial charge in [-0.3, -0.25) is 0 Å². The number of nitrogens with zero attached hydrogens (tertiary/aromatic N) is 8. The van der Waals surface area contributed by atoms with Gasteiger partial charge in [0.05, 0.1) is 0 Å². The zero-order valence-electron chi connectivity index (χ0n) is 30.6. The fourth-order valence-corrected chi connectivity index (χ4v) is 6.86. The molecule has 0 saturated heterocycles. The first-order valence-electron chi connectivity index (χ1n) is 18.1. The zero-order chi connectivity index (χ0) is 36.8. The van der Waals surface area contributed by atoms with E-state index < -0.39 is 0 Å². The van der Waals surface area contributed by atoms with E-state index in [1.165, 1.54) is 22.3 Å². The van der Waals surface area contributed by atoms with Crippen LogP contribution in [0.4, 0.5) is 0 Å². The van der Waals surface area contributed by atoms with Crippen LogP contribution in [0.15, 0.2) is 158 Å². The van der Waals surface area contributed by atoms with Crippen molar-refractivity contribution in [3.63, 3.8) is 0 Å². The molecule has 0 aliphatic heterocycles. The normalized spacial score (nSPS) is 11.3. The predicted molar refractivity (Wildman–Crippen MR) is 209 cm³/mol. The van der Waals surface area contributed by atoms with E-state index in [2.05, 4.69) is 173 Å². The van der Waals surface area contributed by atoms with E-state index in [-0.39, 0.29) is 0 Å². The van der Waals surface area contributed by atoms with Crippen molar-refractivity contribution in [2.45, 2.75) is 27.7 Å². The van der Waals surface area contributed by atoms with Gasteiger partial charge >= 0.3 is 12.7 Å². The molecule has 8 nitrogen and oxygen atoms in total. The van der Waals surface area contributed by atoms with E-state index in [1.54, 1.807) is 0 Å². The summed E-state index contributed by atoms with van der Waals surface area (Å²) >= 11 is 0. The number of aromatic nitrogens is 8. The summed E-state index contributed by atoms with van der Waals surface area (Å²) in [6.07, 6.45) is 3.87. The molecular formula is C46H38N8+4. The number of rotatable bonds is 6. The van der Waals surface area contributed by atoms with Crippen LogP contribution in [0.25, 0.3) is 67.1 Å². The largest absolute Gasteiger partial charge is 0.469 e. The van der Waals surface area contributed by atoms with Crippen LogP contribution in [0.3, 0.4) is 0 Å². The third-order valence-corrected chi connectivity index (χ3v) is 9.82. The summed E-state index contributed by atoms with van der Waals surface area (Å²) in [5, 5.41) is 24.9. The third kappa shape index (κ3) is 6.13. The molecule has 0 radical (unpaired) electrons. The van der Waals surface area contributed by atoms with Crippen LogP contribution < -0.4 is 18.7 Å². The van der Waals surface area contributed by atoms with Gasteiger partial charge in [-0.05, 0) is 49.2 Å². The fourth-order valence-electron chi connectivity index (χ4n) is 6.86. The average Bonchev–Trinajstić information content (AvgIpc) is 3.20. The molecule has 0 aliphatic rings. The van der Waals surface area contributed by atoms with Crippen molar-refractivity contribution < 1.29 is 18.7 Å². The van der Waals surface area contributed by atoms with Crippen LogP contribution in [0, 0.1) is 27.7 Å². The van der Waals surface area contributed by atoms with Crippen molar-refractivity contribution in [3.8, 4) is 45.5 Å². The minimum atomic E-state index is 0.594. The van der Waals surface area contributed by atoms with Gasteiger partial charge in [-0.15, -0.1) is 0 Å². The van der Waals surface area contributed by atoms with Crippen LogP contribution in [0.5, 0.6) is 0 Å². The summed E-state index contributed by atoms with van der Waals surface area (Å²) in [7, 11) is 0. The first-order valence-corrected chi connectivity index (χ1v) is 18.1.